The number of nitrogens with zero attached hydrogens (tertiary/aromatic N) is 4. The SMILES string of the molecule is CNc1nc(NC23CCC(CC2)C3)c2c(n1)N(C)C(C(C)C)N2C. The van der Waals surface area contributed by atoms with Crippen LogP contribution in [0.5, 0.6) is 0 Å². The average Bonchev–Trinajstić information content (AvgIpc) is 3.20. The molecule has 2 fully saturated rings. The molecule has 0 saturated heterocycles. The molecule has 1 aliphatic heterocycles. The minimum absolute atomic E-state index is 0.257. The molecule has 0 amide bonds. The van der Waals surface area contributed by atoms with Crippen molar-refractivity contribution >= 4 is 23.3 Å². The van der Waals surface area contributed by atoms with Crippen LogP contribution in [0.2, 0.25) is 0 Å². The summed E-state index contributed by atoms with van der Waals surface area (Å²) in [4.78, 5) is 14.2. The molecule has 132 valence electrons. The third kappa shape index (κ3) is 2.22. The van der Waals surface area contributed by atoms with Crippen LogP contribution in [-0.4, -0.2) is 42.8 Å². The van der Waals surface area contributed by atoms with E-state index in [1.54, 1.807) is 0 Å². The van der Waals surface area contributed by atoms with E-state index in [-0.39, 0.29) is 5.54 Å². The lowest BCUT2D eigenvalue weighted by atomic mass is 9.94. The number of nitrogens with one attached hydrogen (secondary N) is 2. The zero-order valence-corrected chi connectivity index (χ0v) is 15.6. The monoisotopic (exact) mass is 330 g/mol. The molecular weight excluding hydrogens is 300 g/mol. The Kier molecular flexibility index (Phi) is 3.55. The fraction of sp³-hybridized carbons (Fsp3) is 0.778. The van der Waals surface area contributed by atoms with Gasteiger partial charge in [0.15, 0.2) is 11.6 Å². The zero-order valence-electron chi connectivity index (χ0n) is 15.6. The molecule has 0 aromatic carbocycles. The van der Waals surface area contributed by atoms with Crippen molar-refractivity contribution in [3.05, 3.63) is 0 Å². The maximum atomic E-state index is 4.81. The highest BCUT2D eigenvalue weighted by molar-refractivity contribution is 5.85. The molecule has 1 aromatic heterocycles. The van der Waals surface area contributed by atoms with Gasteiger partial charge in [0.1, 0.15) is 11.9 Å². The highest BCUT2D eigenvalue weighted by Gasteiger charge is 2.46. The summed E-state index contributed by atoms with van der Waals surface area (Å²) in [6.07, 6.45) is 6.90. The van der Waals surface area contributed by atoms with Crippen LogP contribution >= 0.6 is 0 Å². The molecule has 4 rings (SSSR count). The number of hydrogen-bond acceptors (Lipinski definition) is 6. The fourth-order valence-electron chi connectivity index (χ4n) is 5.24. The minimum Gasteiger partial charge on any atom is -0.363 e. The number of hydrogen-bond donors (Lipinski definition) is 2. The summed E-state index contributed by atoms with van der Waals surface area (Å²) in [5.41, 5.74) is 1.41. The second-order valence-electron chi connectivity index (χ2n) is 8.25. The molecule has 2 heterocycles. The second kappa shape index (κ2) is 5.39. The topological polar surface area (TPSA) is 56.3 Å². The maximum Gasteiger partial charge on any atom is 0.226 e. The Morgan fingerprint density at radius 2 is 1.83 bits per heavy atom. The number of fused-ring (bicyclic) bond motifs is 3. The van der Waals surface area contributed by atoms with E-state index in [4.69, 9.17) is 9.97 Å². The lowest BCUT2D eigenvalue weighted by Crippen LogP contribution is -2.43. The third-order valence-corrected chi connectivity index (χ3v) is 6.29. The van der Waals surface area contributed by atoms with E-state index in [0.29, 0.717) is 18.0 Å². The number of rotatable bonds is 4. The van der Waals surface area contributed by atoms with Crippen molar-refractivity contribution in [2.75, 3.05) is 41.6 Å². The van der Waals surface area contributed by atoms with Crippen molar-refractivity contribution in [3.63, 3.8) is 0 Å². The molecule has 2 aliphatic carbocycles. The van der Waals surface area contributed by atoms with E-state index in [9.17, 15) is 0 Å². The molecule has 2 saturated carbocycles. The Morgan fingerprint density at radius 1 is 1.12 bits per heavy atom. The van der Waals surface area contributed by atoms with E-state index in [1.807, 2.05) is 7.05 Å². The van der Waals surface area contributed by atoms with Crippen LogP contribution in [0, 0.1) is 11.8 Å². The summed E-state index contributed by atoms with van der Waals surface area (Å²) in [5.74, 6) is 4.16. The van der Waals surface area contributed by atoms with Crippen LogP contribution in [0.3, 0.4) is 0 Å². The molecule has 24 heavy (non-hydrogen) atoms. The van der Waals surface area contributed by atoms with Crippen LogP contribution in [0.15, 0.2) is 0 Å². The summed E-state index contributed by atoms with van der Waals surface area (Å²) in [7, 11) is 6.20. The van der Waals surface area contributed by atoms with Gasteiger partial charge in [0.2, 0.25) is 5.95 Å². The minimum atomic E-state index is 0.257. The first-order chi connectivity index (χ1) is 11.4. The van der Waals surface area contributed by atoms with Crippen molar-refractivity contribution in [1.29, 1.82) is 0 Å². The molecule has 2 N–H and O–H groups in total. The Bertz CT molecular complexity index is 635. The van der Waals surface area contributed by atoms with Crippen molar-refractivity contribution in [2.45, 2.75) is 57.7 Å². The molecule has 0 radical (unpaired) electrons. The molecule has 3 aliphatic rings. The summed E-state index contributed by atoms with van der Waals surface area (Å²) in [6, 6.07) is 0. The maximum absolute atomic E-state index is 4.81. The highest BCUT2D eigenvalue weighted by Crippen LogP contribution is 2.51. The number of anilines is 4. The van der Waals surface area contributed by atoms with Crippen LogP contribution in [0.4, 0.5) is 23.3 Å². The van der Waals surface area contributed by atoms with E-state index in [1.165, 1.54) is 32.1 Å². The van der Waals surface area contributed by atoms with Gasteiger partial charge in [-0.15, -0.1) is 0 Å². The van der Waals surface area contributed by atoms with Gasteiger partial charge in [0, 0.05) is 26.7 Å². The van der Waals surface area contributed by atoms with Gasteiger partial charge < -0.3 is 20.4 Å². The summed E-state index contributed by atoms with van der Waals surface area (Å²) in [6.45, 7) is 4.53. The van der Waals surface area contributed by atoms with E-state index in [2.05, 4.69) is 48.4 Å². The van der Waals surface area contributed by atoms with Gasteiger partial charge in [-0.2, -0.15) is 9.97 Å². The van der Waals surface area contributed by atoms with Crippen molar-refractivity contribution < 1.29 is 0 Å². The molecular formula is C18H30N6. The molecule has 0 spiro atoms. The van der Waals surface area contributed by atoms with Crippen LogP contribution in [-0.2, 0) is 0 Å². The quantitative estimate of drug-likeness (QED) is 0.884. The zero-order chi connectivity index (χ0) is 17.1. The molecule has 6 nitrogen and oxygen atoms in total. The first kappa shape index (κ1) is 15.8. The number of aromatic nitrogens is 2. The summed E-state index contributed by atoms with van der Waals surface area (Å²) >= 11 is 0. The van der Waals surface area contributed by atoms with E-state index < -0.39 is 0 Å². The lowest BCUT2D eigenvalue weighted by Gasteiger charge is -2.32. The van der Waals surface area contributed by atoms with Crippen molar-refractivity contribution in [2.24, 2.45) is 11.8 Å². The molecule has 6 heteroatoms. The van der Waals surface area contributed by atoms with Crippen LogP contribution < -0.4 is 20.4 Å². The van der Waals surface area contributed by atoms with E-state index in [0.717, 1.165) is 23.2 Å². The van der Waals surface area contributed by atoms with Crippen LogP contribution in [0.1, 0.15) is 46.0 Å². The van der Waals surface area contributed by atoms with Gasteiger partial charge in [-0.25, -0.2) is 0 Å². The largest absolute Gasteiger partial charge is 0.363 e. The standard InChI is InChI=1S/C18H30N6/c1-11(2)16-23(4)13-14(20-17(19-3)21-15(13)24(16)5)22-18-8-6-12(10-18)7-9-18/h11-12,16H,6-10H2,1-5H3,(H2,19,20,21,22). The van der Waals surface area contributed by atoms with Gasteiger partial charge in [0.05, 0.1) is 0 Å². The van der Waals surface area contributed by atoms with Crippen molar-refractivity contribution in [1.82, 2.24) is 9.97 Å². The molecule has 1 atom stereocenters. The summed E-state index contributed by atoms with van der Waals surface area (Å²) < 4.78 is 0. The Balaban J connectivity index is 1.75. The highest BCUT2D eigenvalue weighted by atomic mass is 15.4. The third-order valence-electron chi connectivity index (χ3n) is 6.29. The lowest BCUT2D eigenvalue weighted by molar-refractivity contribution is 0.446. The first-order valence-corrected chi connectivity index (χ1v) is 9.28. The second-order valence-corrected chi connectivity index (χ2v) is 8.25. The molecule has 2 bridgehead atoms. The Morgan fingerprint density at radius 3 is 2.38 bits per heavy atom. The van der Waals surface area contributed by atoms with Gasteiger partial charge in [-0.3, -0.25) is 0 Å². The first-order valence-electron chi connectivity index (χ1n) is 9.28. The molecule has 1 unspecified atom stereocenters. The summed E-state index contributed by atoms with van der Waals surface area (Å²) in [5, 5.41) is 7.01. The van der Waals surface area contributed by atoms with E-state index >= 15 is 0 Å². The molecule has 1 aromatic rings. The smallest absolute Gasteiger partial charge is 0.226 e. The fourth-order valence-corrected chi connectivity index (χ4v) is 5.24. The van der Waals surface area contributed by atoms with Gasteiger partial charge >= 0.3 is 0 Å². The Labute approximate surface area is 145 Å². The van der Waals surface area contributed by atoms with Crippen LogP contribution in [0.25, 0.3) is 0 Å². The Hall–Kier alpha value is -1.72. The van der Waals surface area contributed by atoms with Gasteiger partial charge in [0.25, 0.3) is 0 Å². The predicted molar refractivity (Wildman–Crippen MR) is 99.9 cm³/mol. The normalized spacial score (nSPS) is 31.1. The van der Waals surface area contributed by atoms with Crippen molar-refractivity contribution in [3.8, 4) is 0 Å². The predicted octanol–water partition coefficient (Wildman–Crippen LogP) is 3.13. The van der Waals surface area contributed by atoms with Gasteiger partial charge in [-0.1, -0.05) is 13.8 Å². The van der Waals surface area contributed by atoms with Gasteiger partial charge in [-0.05, 0) is 43.9 Å². The average molecular weight is 330 g/mol.